The Hall–Kier alpha value is -3.03. The second-order valence-corrected chi connectivity index (χ2v) is 5.88. The highest BCUT2D eigenvalue weighted by molar-refractivity contribution is 5.84. The molecular formula is C17H15F2N5O. The summed E-state index contributed by atoms with van der Waals surface area (Å²) in [5.74, 6) is -0.697. The minimum atomic E-state index is -0.638. The molecule has 1 saturated heterocycles. The van der Waals surface area contributed by atoms with Crippen LogP contribution in [0.5, 0.6) is 0 Å². The minimum Gasteiger partial charge on any atom is -0.344 e. The molecule has 0 N–H and O–H groups in total. The first kappa shape index (κ1) is 15.5. The van der Waals surface area contributed by atoms with Crippen LogP contribution in [0.15, 0.2) is 42.9 Å². The largest absolute Gasteiger partial charge is 0.344 e. The van der Waals surface area contributed by atoms with E-state index in [1.54, 1.807) is 28.0 Å². The van der Waals surface area contributed by atoms with E-state index < -0.39 is 11.6 Å². The van der Waals surface area contributed by atoms with E-state index in [-0.39, 0.29) is 19.0 Å². The van der Waals surface area contributed by atoms with E-state index in [1.165, 1.54) is 12.1 Å². The third-order valence-corrected chi connectivity index (χ3v) is 4.30. The predicted molar refractivity (Wildman–Crippen MR) is 87.0 cm³/mol. The molecule has 3 heterocycles. The van der Waals surface area contributed by atoms with Gasteiger partial charge in [0.2, 0.25) is 5.91 Å². The number of amides is 1. The highest BCUT2D eigenvalue weighted by Crippen LogP contribution is 2.21. The van der Waals surface area contributed by atoms with Gasteiger partial charge in [-0.1, -0.05) is 6.07 Å². The first-order chi connectivity index (χ1) is 12.1. The van der Waals surface area contributed by atoms with Gasteiger partial charge >= 0.3 is 0 Å². The first-order valence-electron chi connectivity index (χ1n) is 7.87. The van der Waals surface area contributed by atoms with Crippen LogP contribution in [0, 0.1) is 11.6 Å². The van der Waals surface area contributed by atoms with Crippen LogP contribution in [-0.4, -0.2) is 45.0 Å². The molecule has 8 heteroatoms. The summed E-state index contributed by atoms with van der Waals surface area (Å²) in [7, 11) is 0. The van der Waals surface area contributed by atoms with Gasteiger partial charge in [0.1, 0.15) is 17.2 Å². The molecule has 0 radical (unpaired) electrons. The van der Waals surface area contributed by atoms with Gasteiger partial charge in [-0.05, 0) is 12.1 Å². The second-order valence-electron chi connectivity index (χ2n) is 5.88. The molecule has 1 fully saturated rings. The molecule has 0 unspecified atom stereocenters. The smallest absolute Gasteiger partial charge is 0.242 e. The van der Waals surface area contributed by atoms with Gasteiger partial charge in [0.15, 0.2) is 5.82 Å². The zero-order valence-corrected chi connectivity index (χ0v) is 13.3. The number of aromatic nitrogens is 3. The molecular weight excluding hydrogens is 328 g/mol. The topological polar surface area (TPSA) is 53.7 Å². The summed E-state index contributed by atoms with van der Waals surface area (Å²) in [6.07, 6.45) is 5.06. The summed E-state index contributed by atoms with van der Waals surface area (Å²) >= 11 is 0. The van der Waals surface area contributed by atoms with Gasteiger partial charge in [0, 0.05) is 43.7 Å². The Morgan fingerprint density at radius 3 is 2.80 bits per heavy atom. The summed E-state index contributed by atoms with van der Waals surface area (Å²) in [6.45, 7) is 1.29. The van der Waals surface area contributed by atoms with Gasteiger partial charge in [-0.15, -0.1) is 0 Å². The van der Waals surface area contributed by atoms with Crippen LogP contribution in [0.4, 0.5) is 14.6 Å². The van der Waals surface area contributed by atoms with E-state index in [2.05, 4.69) is 10.1 Å². The maximum atomic E-state index is 13.8. The van der Waals surface area contributed by atoms with Gasteiger partial charge < -0.3 is 9.80 Å². The molecule has 4 rings (SSSR count). The van der Waals surface area contributed by atoms with Crippen molar-refractivity contribution >= 4 is 17.2 Å². The highest BCUT2D eigenvalue weighted by atomic mass is 19.1. The fourth-order valence-electron chi connectivity index (χ4n) is 3.00. The van der Waals surface area contributed by atoms with Crippen LogP contribution in [0.1, 0.15) is 5.56 Å². The third-order valence-electron chi connectivity index (χ3n) is 4.30. The lowest BCUT2D eigenvalue weighted by atomic mass is 10.1. The molecule has 1 aliphatic heterocycles. The zero-order chi connectivity index (χ0) is 17.4. The van der Waals surface area contributed by atoms with Gasteiger partial charge in [-0.3, -0.25) is 4.79 Å². The Morgan fingerprint density at radius 1 is 1.12 bits per heavy atom. The molecule has 2 aromatic heterocycles. The molecule has 0 spiro atoms. The van der Waals surface area contributed by atoms with Crippen LogP contribution in [-0.2, 0) is 11.3 Å². The lowest BCUT2D eigenvalue weighted by Crippen LogP contribution is -2.50. The van der Waals surface area contributed by atoms with E-state index in [1.807, 2.05) is 11.0 Å². The van der Waals surface area contributed by atoms with E-state index >= 15 is 0 Å². The van der Waals surface area contributed by atoms with E-state index in [0.29, 0.717) is 24.5 Å². The molecule has 0 saturated carbocycles. The number of fused-ring (bicyclic) bond motifs is 1. The van der Waals surface area contributed by atoms with Crippen molar-refractivity contribution in [3.05, 3.63) is 60.1 Å². The number of benzene rings is 1. The lowest BCUT2D eigenvalue weighted by Gasteiger charge is -2.35. The van der Waals surface area contributed by atoms with Gasteiger partial charge in [-0.2, -0.15) is 5.10 Å². The van der Waals surface area contributed by atoms with Crippen LogP contribution >= 0.6 is 0 Å². The van der Waals surface area contributed by atoms with Crippen molar-refractivity contribution in [2.75, 3.05) is 24.5 Å². The van der Waals surface area contributed by atoms with Gasteiger partial charge in [0.25, 0.3) is 0 Å². The fourth-order valence-corrected chi connectivity index (χ4v) is 3.00. The number of carbonyl (C=O) groups excluding carboxylic acids is 1. The average Bonchev–Trinajstić information content (AvgIpc) is 3.07. The Morgan fingerprint density at radius 2 is 2.00 bits per heavy atom. The number of carbonyl (C=O) groups is 1. The summed E-state index contributed by atoms with van der Waals surface area (Å²) in [5.41, 5.74) is 1.13. The molecule has 0 aliphatic carbocycles. The Kier molecular flexibility index (Phi) is 3.79. The SMILES string of the molecule is O=C1CN(c2nccn3nccc23)CCN1Cc1ccc(F)cc1F. The maximum absolute atomic E-state index is 13.8. The fraction of sp³-hybridized carbons (Fsp3) is 0.235. The normalized spacial score (nSPS) is 15.2. The average molecular weight is 343 g/mol. The van der Waals surface area contributed by atoms with Crippen LogP contribution in [0.25, 0.3) is 5.52 Å². The molecule has 1 amide bonds. The van der Waals surface area contributed by atoms with Crippen LogP contribution in [0.3, 0.4) is 0 Å². The number of hydrogen-bond acceptors (Lipinski definition) is 4. The summed E-state index contributed by atoms with van der Waals surface area (Å²) in [5, 5.41) is 4.16. The van der Waals surface area contributed by atoms with Crippen molar-refractivity contribution in [1.29, 1.82) is 0 Å². The molecule has 128 valence electrons. The quantitative estimate of drug-likeness (QED) is 0.728. The molecule has 1 aliphatic rings. The van der Waals surface area contributed by atoms with E-state index in [9.17, 15) is 13.6 Å². The molecule has 25 heavy (non-hydrogen) atoms. The second kappa shape index (κ2) is 6.12. The monoisotopic (exact) mass is 343 g/mol. The minimum absolute atomic E-state index is 0.127. The molecule has 6 nitrogen and oxygen atoms in total. The Balaban J connectivity index is 1.51. The molecule has 3 aromatic rings. The van der Waals surface area contributed by atoms with Crippen molar-refractivity contribution < 1.29 is 13.6 Å². The summed E-state index contributed by atoms with van der Waals surface area (Å²) in [4.78, 5) is 20.3. The van der Waals surface area contributed by atoms with E-state index in [4.69, 9.17) is 0 Å². The molecule has 0 bridgehead atoms. The van der Waals surface area contributed by atoms with Crippen LogP contribution < -0.4 is 4.90 Å². The standard InChI is InChI=1S/C17H15F2N5O/c18-13-2-1-12(14(19)9-13)10-22-7-8-23(11-16(22)25)17-15-3-4-21-24(15)6-5-20-17/h1-6,9H,7-8,10-11H2. The summed E-state index contributed by atoms with van der Waals surface area (Å²) < 4.78 is 28.5. The van der Waals surface area contributed by atoms with Crippen molar-refractivity contribution in [3.63, 3.8) is 0 Å². The number of rotatable bonds is 3. The number of nitrogens with zero attached hydrogens (tertiary/aromatic N) is 5. The number of anilines is 1. The number of piperazine rings is 1. The van der Waals surface area contributed by atoms with Crippen molar-refractivity contribution in [2.45, 2.75) is 6.54 Å². The van der Waals surface area contributed by atoms with Gasteiger partial charge in [0.05, 0.1) is 12.7 Å². The molecule has 1 aromatic carbocycles. The zero-order valence-electron chi connectivity index (χ0n) is 13.3. The summed E-state index contributed by atoms with van der Waals surface area (Å²) in [6, 6.07) is 5.25. The number of halogens is 2. The maximum Gasteiger partial charge on any atom is 0.242 e. The number of hydrogen-bond donors (Lipinski definition) is 0. The molecule has 0 atom stereocenters. The van der Waals surface area contributed by atoms with Crippen molar-refractivity contribution in [2.24, 2.45) is 0 Å². The van der Waals surface area contributed by atoms with Crippen LogP contribution in [0.2, 0.25) is 0 Å². The lowest BCUT2D eigenvalue weighted by molar-refractivity contribution is -0.131. The van der Waals surface area contributed by atoms with E-state index in [0.717, 1.165) is 11.6 Å². The van der Waals surface area contributed by atoms with Crippen molar-refractivity contribution in [1.82, 2.24) is 19.5 Å². The highest BCUT2D eigenvalue weighted by Gasteiger charge is 2.26. The third kappa shape index (κ3) is 2.90. The Bertz CT molecular complexity index is 942. The first-order valence-corrected chi connectivity index (χ1v) is 7.87. The predicted octanol–water partition coefficient (Wildman–Crippen LogP) is 1.86. The van der Waals surface area contributed by atoms with Crippen molar-refractivity contribution in [3.8, 4) is 0 Å². The Labute approximate surface area is 142 Å². The van der Waals surface area contributed by atoms with Gasteiger partial charge in [-0.25, -0.2) is 18.3 Å².